The molecule has 0 saturated heterocycles. The number of alkyl halides is 3. The largest absolute Gasteiger partial charge is 0.609 e. The molecule has 0 saturated carbocycles. The monoisotopic (exact) mass is 399 g/mol. The molecule has 0 aliphatic carbocycles. The first-order valence-corrected chi connectivity index (χ1v) is 9.28. The lowest BCUT2D eigenvalue weighted by atomic mass is 10.3. The molecule has 2 aromatic heterocycles. The van der Waals surface area contributed by atoms with Crippen molar-refractivity contribution in [1.29, 1.82) is 0 Å². The molecule has 1 atom stereocenters. The Bertz CT molecular complexity index is 855. The average Bonchev–Trinajstić information content (AvgIpc) is 3.05. The highest BCUT2D eigenvalue weighted by atomic mass is 32.2. The van der Waals surface area contributed by atoms with Gasteiger partial charge in [-0.1, -0.05) is 12.1 Å². The molecule has 1 N–H and O–H groups in total. The molecule has 0 aliphatic rings. The van der Waals surface area contributed by atoms with Crippen LogP contribution in [-0.2, 0) is 21.7 Å². The molecule has 144 valence electrons. The fourth-order valence-corrected chi connectivity index (χ4v) is 3.26. The minimum Gasteiger partial charge on any atom is -0.609 e. The third-order valence-corrected chi connectivity index (χ3v) is 4.60. The third-order valence-electron chi connectivity index (χ3n) is 3.41. The summed E-state index contributed by atoms with van der Waals surface area (Å²) in [4.78, 5) is 11.5. The van der Waals surface area contributed by atoms with Gasteiger partial charge in [-0.25, -0.2) is 0 Å². The van der Waals surface area contributed by atoms with Gasteiger partial charge in [0.15, 0.2) is 5.75 Å². The second kappa shape index (κ2) is 8.59. The Hall–Kier alpha value is -2.30. The Labute approximate surface area is 155 Å². The molecular weight excluding hydrogens is 383 g/mol. The van der Waals surface area contributed by atoms with Crippen LogP contribution in [0.25, 0.3) is 11.0 Å². The maximum absolute atomic E-state index is 12.5. The zero-order valence-corrected chi connectivity index (χ0v) is 14.8. The molecule has 0 fully saturated rings. The fraction of sp³-hybridized carbons (Fsp3) is 0.294. The standard InChI is InChI=1S/C17H16F3N3O3S/c18-17(19,20)11-25-7-8-26-13-5-6-21-12(9-13)10-27(24)16-22-14-3-1-2-4-15(14)23-16/h1-6,9H,7-8,10-11H2,(H,22,23). The van der Waals surface area contributed by atoms with E-state index in [1.165, 1.54) is 6.20 Å². The van der Waals surface area contributed by atoms with Gasteiger partial charge in [0, 0.05) is 23.4 Å². The number of hydrogen-bond donors (Lipinski definition) is 1. The SMILES string of the molecule is [O-][S+](Cc1cc(OCCOCC(F)(F)F)ccn1)c1nc2ccccc2[nH]1. The molecule has 0 amide bonds. The summed E-state index contributed by atoms with van der Waals surface area (Å²) in [5, 5.41) is 0.352. The van der Waals surface area contributed by atoms with E-state index in [-0.39, 0.29) is 19.0 Å². The molecule has 0 aliphatic heterocycles. The van der Waals surface area contributed by atoms with Crippen LogP contribution >= 0.6 is 0 Å². The van der Waals surface area contributed by atoms with Crippen molar-refractivity contribution in [2.24, 2.45) is 0 Å². The number of aromatic amines is 1. The highest BCUT2D eigenvalue weighted by Gasteiger charge is 2.27. The van der Waals surface area contributed by atoms with Gasteiger partial charge in [0.05, 0.1) is 23.3 Å². The van der Waals surface area contributed by atoms with Gasteiger partial charge in [0.2, 0.25) is 0 Å². The van der Waals surface area contributed by atoms with E-state index in [1.807, 2.05) is 24.3 Å². The first-order chi connectivity index (χ1) is 12.9. The van der Waals surface area contributed by atoms with Crippen LogP contribution in [0.2, 0.25) is 0 Å². The van der Waals surface area contributed by atoms with Gasteiger partial charge in [-0.2, -0.15) is 18.2 Å². The zero-order chi connectivity index (χ0) is 19.3. The van der Waals surface area contributed by atoms with E-state index in [2.05, 4.69) is 19.7 Å². The lowest BCUT2D eigenvalue weighted by molar-refractivity contribution is -0.175. The number of hydrogen-bond acceptors (Lipinski definition) is 5. The van der Waals surface area contributed by atoms with Crippen LogP contribution < -0.4 is 4.74 Å². The summed E-state index contributed by atoms with van der Waals surface area (Å²) in [6.07, 6.45) is -2.87. The maximum Gasteiger partial charge on any atom is 0.411 e. The smallest absolute Gasteiger partial charge is 0.411 e. The zero-order valence-electron chi connectivity index (χ0n) is 14.0. The number of fused-ring (bicyclic) bond motifs is 1. The molecule has 3 rings (SSSR count). The summed E-state index contributed by atoms with van der Waals surface area (Å²) < 4.78 is 58.2. The van der Waals surface area contributed by atoms with E-state index in [0.717, 1.165) is 11.0 Å². The van der Waals surface area contributed by atoms with Crippen molar-refractivity contribution in [3.63, 3.8) is 0 Å². The summed E-state index contributed by atoms with van der Waals surface area (Å²) >= 11 is -1.43. The number of pyridine rings is 1. The van der Waals surface area contributed by atoms with Gasteiger partial charge in [-0.3, -0.25) is 9.97 Å². The summed E-state index contributed by atoms with van der Waals surface area (Å²) in [5.41, 5.74) is 2.04. The number of imidazole rings is 1. The second-order valence-corrected chi connectivity index (χ2v) is 6.91. The van der Waals surface area contributed by atoms with Crippen molar-refractivity contribution >= 4 is 22.2 Å². The van der Waals surface area contributed by atoms with Crippen LogP contribution in [0, 0.1) is 0 Å². The molecule has 1 unspecified atom stereocenters. The number of rotatable bonds is 8. The van der Waals surface area contributed by atoms with Crippen LogP contribution in [0.1, 0.15) is 5.69 Å². The molecule has 0 radical (unpaired) electrons. The van der Waals surface area contributed by atoms with Crippen LogP contribution in [-0.4, -0.2) is 45.5 Å². The van der Waals surface area contributed by atoms with E-state index in [0.29, 0.717) is 16.6 Å². The normalized spacial score (nSPS) is 13.0. The van der Waals surface area contributed by atoms with Crippen molar-refractivity contribution < 1.29 is 27.2 Å². The Morgan fingerprint density at radius 3 is 2.74 bits per heavy atom. The van der Waals surface area contributed by atoms with E-state index in [1.54, 1.807) is 12.1 Å². The van der Waals surface area contributed by atoms with Crippen molar-refractivity contribution in [3.05, 3.63) is 48.3 Å². The van der Waals surface area contributed by atoms with Gasteiger partial charge in [0.1, 0.15) is 19.0 Å². The Balaban J connectivity index is 1.53. The highest BCUT2D eigenvalue weighted by molar-refractivity contribution is 7.90. The molecule has 2 heterocycles. The predicted octanol–water partition coefficient (Wildman–Crippen LogP) is 3.22. The highest BCUT2D eigenvalue weighted by Crippen LogP contribution is 2.19. The van der Waals surface area contributed by atoms with Gasteiger partial charge in [-0.05, 0) is 18.2 Å². The number of H-pyrrole nitrogens is 1. The summed E-state index contributed by atoms with van der Waals surface area (Å²) in [7, 11) is 0. The van der Waals surface area contributed by atoms with Crippen LogP contribution in [0.15, 0.2) is 47.8 Å². The predicted molar refractivity (Wildman–Crippen MR) is 92.8 cm³/mol. The number of benzene rings is 1. The summed E-state index contributed by atoms with van der Waals surface area (Å²) in [6.45, 7) is -1.54. The fourth-order valence-electron chi connectivity index (χ4n) is 2.27. The molecule has 6 nitrogen and oxygen atoms in total. The molecule has 10 heteroatoms. The number of nitrogens with one attached hydrogen (secondary N) is 1. The van der Waals surface area contributed by atoms with Gasteiger partial charge >= 0.3 is 11.3 Å². The van der Waals surface area contributed by atoms with E-state index in [9.17, 15) is 17.7 Å². The van der Waals surface area contributed by atoms with Gasteiger partial charge < -0.3 is 14.0 Å². The number of aromatic nitrogens is 3. The molecular formula is C17H16F3N3O3S. The van der Waals surface area contributed by atoms with Crippen LogP contribution in [0.4, 0.5) is 13.2 Å². The number of halogens is 3. The van der Waals surface area contributed by atoms with E-state index >= 15 is 0 Å². The van der Waals surface area contributed by atoms with Crippen molar-refractivity contribution in [3.8, 4) is 5.75 Å². The van der Waals surface area contributed by atoms with Crippen LogP contribution in [0.5, 0.6) is 5.75 Å². The second-order valence-electron chi connectivity index (χ2n) is 5.55. The van der Waals surface area contributed by atoms with E-state index < -0.39 is 24.0 Å². The third kappa shape index (κ3) is 5.84. The van der Waals surface area contributed by atoms with Crippen molar-refractivity contribution in [2.45, 2.75) is 17.1 Å². The Morgan fingerprint density at radius 1 is 1.15 bits per heavy atom. The van der Waals surface area contributed by atoms with Crippen molar-refractivity contribution in [1.82, 2.24) is 15.0 Å². The summed E-state index contributed by atoms with van der Waals surface area (Å²) in [6, 6.07) is 10.5. The first-order valence-electron chi connectivity index (χ1n) is 7.96. The lowest BCUT2D eigenvalue weighted by Crippen LogP contribution is -2.19. The topological polar surface area (TPSA) is 83.1 Å². The molecule has 3 aromatic rings. The average molecular weight is 399 g/mol. The Kier molecular flexibility index (Phi) is 6.19. The quantitative estimate of drug-likeness (QED) is 0.465. The lowest BCUT2D eigenvalue weighted by Gasteiger charge is -2.10. The minimum atomic E-state index is -4.36. The number of ether oxygens (including phenoxy) is 2. The maximum atomic E-state index is 12.5. The van der Waals surface area contributed by atoms with Gasteiger partial charge in [0.25, 0.3) is 0 Å². The van der Waals surface area contributed by atoms with Crippen molar-refractivity contribution in [2.75, 3.05) is 19.8 Å². The van der Waals surface area contributed by atoms with E-state index in [4.69, 9.17) is 4.74 Å². The molecule has 0 bridgehead atoms. The minimum absolute atomic E-state index is 0.0355. The first kappa shape index (κ1) is 19.5. The van der Waals surface area contributed by atoms with Crippen LogP contribution in [0.3, 0.4) is 0 Å². The molecule has 0 spiro atoms. The van der Waals surface area contributed by atoms with Gasteiger partial charge in [-0.15, -0.1) is 0 Å². The number of nitrogens with zero attached hydrogens (tertiary/aromatic N) is 2. The molecule has 27 heavy (non-hydrogen) atoms. The number of para-hydroxylation sites is 2. The molecule has 1 aromatic carbocycles. The summed E-state index contributed by atoms with van der Waals surface area (Å²) in [5.74, 6) is 0.541. The Morgan fingerprint density at radius 2 is 1.96 bits per heavy atom.